The summed E-state index contributed by atoms with van der Waals surface area (Å²) < 4.78 is 41.8. The van der Waals surface area contributed by atoms with Crippen molar-refractivity contribution >= 4 is 21.4 Å². The van der Waals surface area contributed by atoms with Crippen molar-refractivity contribution in [3.8, 4) is 5.75 Å². The lowest BCUT2D eigenvalue weighted by Gasteiger charge is -2.28. The normalized spacial score (nSPS) is 21.7. The van der Waals surface area contributed by atoms with Crippen molar-refractivity contribution in [2.24, 2.45) is 0 Å². The molecule has 8 nitrogen and oxygen atoms in total. The van der Waals surface area contributed by atoms with Crippen LogP contribution < -0.4 is 4.74 Å². The van der Waals surface area contributed by atoms with Gasteiger partial charge in [0.1, 0.15) is 5.82 Å². The molecule has 25 heavy (non-hydrogen) atoms. The predicted molar refractivity (Wildman–Crippen MR) is 85.5 cm³/mol. The number of carbonyl (C=O) groups excluding carboxylic acids is 1. The van der Waals surface area contributed by atoms with E-state index in [-0.39, 0.29) is 23.3 Å². The first-order valence-corrected chi connectivity index (χ1v) is 9.67. The van der Waals surface area contributed by atoms with E-state index in [4.69, 9.17) is 4.74 Å². The Morgan fingerprint density at radius 2 is 2.04 bits per heavy atom. The van der Waals surface area contributed by atoms with E-state index in [9.17, 15) is 27.7 Å². The van der Waals surface area contributed by atoms with E-state index >= 15 is 0 Å². The summed E-state index contributed by atoms with van der Waals surface area (Å²) in [5.74, 6) is -1.51. The fourth-order valence-corrected chi connectivity index (χ4v) is 4.73. The molecule has 0 N–H and O–H groups in total. The van der Waals surface area contributed by atoms with Gasteiger partial charge in [0.15, 0.2) is 16.4 Å². The molecular formula is C15H17FN2O6S. The third kappa shape index (κ3) is 4.06. The van der Waals surface area contributed by atoms with Crippen LogP contribution in [0.2, 0.25) is 0 Å². The number of hydrogen-bond donors (Lipinski definition) is 0. The molecule has 0 spiro atoms. The molecule has 0 radical (unpaired) electrons. The van der Waals surface area contributed by atoms with Gasteiger partial charge in [0.2, 0.25) is 5.75 Å². The minimum Gasteiger partial charge on any atom is -0.477 e. The van der Waals surface area contributed by atoms with Crippen molar-refractivity contribution < 1.29 is 27.3 Å². The number of amides is 1. The number of halogens is 1. The van der Waals surface area contributed by atoms with E-state index in [1.165, 1.54) is 4.90 Å². The first-order chi connectivity index (χ1) is 11.8. The van der Waals surface area contributed by atoms with E-state index in [0.29, 0.717) is 6.42 Å². The van der Waals surface area contributed by atoms with Gasteiger partial charge >= 0.3 is 5.69 Å². The lowest BCUT2D eigenvalue weighted by atomic mass is 10.2. The number of hydrogen-bond acceptors (Lipinski definition) is 6. The highest BCUT2D eigenvalue weighted by Gasteiger charge is 2.42. The fraction of sp³-hybridized carbons (Fsp3) is 0.533. The van der Waals surface area contributed by atoms with Crippen molar-refractivity contribution in [2.75, 3.05) is 18.1 Å². The Kier molecular flexibility index (Phi) is 4.63. The van der Waals surface area contributed by atoms with Gasteiger partial charge in [-0.05, 0) is 25.3 Å². The van der Waals surface area contributed by atoms with Crippen LogP contribution >= 0.6 is 0 Å². The zero-order chi connectivity index (χ0) is 18.2. The highest BCUT2D eigenvalue weighted by atomic mass is 32.2. The van der Waals surface area contributed by atoms with Gasteiger partial charge < -0.3 is 9.64 Å². The molecule has 1 aromatic rings. The Labute approximate surface area is 143 Å². The molecule has 1 atom stereocenters. The SMILES string of the molecule is O=C(COc1cc(F)ccc1[N+](=O)[O-])N(C1CC1)[C@@H]1CCS(=O)(=O)C1. The number of nitrogens with zero attached hydrogens (tertiary/aromatic N) is 2. The van der Waals surface area contributed by atoms with Crippen LogP contribution in [0, 0.1) is 15.9 Å². The molecule has 1 aromatic carbocycles. The van der Waals surface area contributed by atoms with Gasteiger partial charge in [0, 0.05) is 24.2 Å². The van der Waals surface area contributed by atoms with Crippen LogP contribution in [0.25, 0.3) is 0 Å². The van der Waals surface area contributed by atoms with E-state index in [0.717, 1.165) is 31.0 Å². The van der Waals surface area contributed by atoms with Gasteiger partial charge in [-0.1, -0.05) is 0 Å². The maximum Gasteiger partial charge on any atom is 0.311 e. The second-order valence-electron chi connectivity index (χ2n) is 6.25. The number of carbonyl (C=O) groups is 1. The minimum atomic E-state index is -3.14. The van der Waals surface area contributed by atoms with Gasteiger partial charge in [0.25, 0.3) is 5.91 Å². The van der Waals surface area contributed by atoms with Gasteiger partial charge in [-0.2, -0.15) is 0 Å². The van der Waals surface area contributed by atoms with Gasteiger partial charge in [-0.15, -0.1) is 0 Å². The van der Waals surface area contributed by atoms with Gasteiger partial charge in [0.05, 0.1) is 16.4 Å². The monoisotopic (exact) mass is 372 g/mol. The lowest BCUT2D eigenvalue weighted by molar-refractivity contribution is -0.385. The Hall–Kier alpha value is -2.23. The second-order valence-corrected chi connectivity index (χ2v) is 8.48. The van der Waals surface area contributed by atoms with Gasteiger partial charge in [-0.3, -0.25) is 14.9 Å². The molecule has 0 unspecified atom stereocenters. The molecule has 0 bridgehead atoms. The Morgan fingerprint density at radius 1 is 1.32 bits per heavy atom. The van der Waals surface area contributed by atoms with Crippen LogP contribution in [0.5, 0.6) is 5.75 Å². The third-order valence-electron chi connectivity index (χ3n) is 4.30. The molecule has 1 aliphatic carbocycles. The summed E-state index contributed by atoms with van der Waals surface area (Å²) in [7, 11) is -3.14. The fourth-order valence-electron chi connectivity index (χ4n) is 3.02. The van der Waals surface area contributed by atoms with E-state index in [2.05, 4.69) is 0 Å². The number of sulfone groups is 1. The predicted octanol–water partition coefficient (Wildman–Crippen LogP) is 1.29. The number of benzene rings is 1. The molecule has 10 heteroatoms. The highest BCUT2D eigenvalue weighted by Crippen LogP contribution is 2.33. The van der Waals surface area contributed by atoms with Crippen LogP contribution in [-0.4, -0.2) is 54.3 Å². The van der Waals surface area contributed by atoms with E-state index < -0.39 is 44.8 Å². The Balaban J connectivity index is 1.71. The topological polar surface area (TPSA) is 107 Å². The molecular weight excluding hydrogens is 355 g/mol. The summed E-state index contributed by atoms with van der Waals surface area (Å²) in [6, 6.07) is 2.35. The van der Waals surface area contributed by atoms with Crippen LogP contribution in [0.3, 0.4) is 0 Å². The van der Waals surface area contributed by atoms with Crippen molar-refractivity contribution in [1.82, 2.24) is 4.90 Å². The van der Waals surface area contributed by atoms with Crippen LogP contribution in [-0.2, 0) is 14.6 Å². The average Bonchev–Trinajstić information content (AvgIpc) is 3.29. The lowest BCUT2D eigenvalue weighted by Crippen LogP contribution is -2.45. The smallest absolute Gasteiger partial charge is 0.311 e. The molecule has 1 heterocycles. The number of nitro benzene ring substituents is 1. The summed E-state index contributed by atoms with van der Waals surface area (Å²) in [5.41, 5.74) is -0.435. The third-order valence-corrected chi connectivity index (χ3v) is 6.05. The first-order valence-electron chi connectivity index (χ1n) is 7.85. The van der Waals surface area contributed by atoms with Crippen LogP contribution in [0.4, 0.5) is 10.1 Å². The number of nitro groups is 1. The molecule has 1 aliphatic heterocycles. The van der Waals surface area contributed by atoms with Crippen molar-refractivity contribution in [1.29, 1.82) is 0 Å². The quantitative estimate of drug-likeness (QED) is 0.550. The van der Waals surface area contributed by atoms with Gasteiger partial charge in [-0.25, -0.2) is 12.8 Å². The highest BCUT2D eigenvalue weighted by molar-refractivity contribution is 7.91. The molecule has 0 aromatic heterocycles. The van der Waals surface area contributed by atoms with Crippen molar-refractivity contribution in [2.45, 2.75) is 31.3 Å². The largest absolute Gasteiger partial charge is 0.477 e. The summed E-state index contributed by atoms with van der Waals surface area (Å²) >= 11 is 0. The summed E-state index contributed by atoms with van der Waals surface area (Å²) in [4.78, 5) is 24.3. The summed E-state index contributed by atoms with van der Waals surface area (Å²) in [6.45, 7) is -0.503. The summed E-state index contributed by atoms with van der Waals surface area (Å²) in [5, 5.41) is 11.0. The maximum absolute atomic E-state index is 13.3. The molecule has 3 rings (SSSR count). The first kappa shape index (κ1) is 17.6. The molecule has 136 valence electrons. The Bertz CT molecular complexity index is 808. The van der Waals surface area contributed by atoms with Crippen LogP contribution in [0.1, 0.15) is 19.3 Å². The Morgan fingerprint density at radius 3 is 2.60 bits per heavy atom. The molecule has 1 saturated heterocycles. The van der Waals surface area contributed by atoms with Crippen molar-refractivity contribution in [3.63, 3.8) is 0 Å². The number of rotatable bonds is 6. The molecule has 1 amide bonds. The second kappa shape index (κ2) is 6.58. The summed E-state index contributed by atoms with van der Waals surface area (Å²) in [6.07, 6.45) is 1.97. The maximum atomic E-state index is 13.3. The molecule has 1 saturated carbocycles. The van der Waals surface area contributed by atoms with Crippen molar-refractivity contribution in [3.05, 3.63) is 34.1 Å². The zero-order valence-electron chi connectivity index (χ0n) is 13.3. The van der Waals surface area contributed by atoms with Crippen LogP contribution in [0.15, 0.2) is 18.2 Å². The van der Waals surface area contributed by atoms with E-state index in [1.807, 2.05) is 0 Å². The zero-order valence-corrected chi connectivity index (χ0v) is 14.1. The number of ether oxygens (including phenoxy) is 1. The average molecular weight is 372 g/mol. The molecule has 2 fully saturated rings. The minimum absolute atomic E-state index is 0.0168. The van der Waals surface area contributed by atoms with E-state index in [1.54, 1.807) is 0 Å². The molecule has 2 aliphatic rings. The standard InChI is InChI=1S/C15H17FN2O6S/c16-10-1-4-13(18(20)21)14(7-10)24-8-15(19)17(11-2-3-11)12-5-6-25(22,23)9-12/h1,4,7,11-12H,2-3,5-6,8-9H2/t12-/m1/s1.